The van der Waals surface area contributed by atoms with Crippen LogP contribution in [-0.2, 0) is 4.79 Å². The molecule has 0 radical (unpaired) electrons. The van der Waals surface area contributed by atoms with Crippen molar-refractivity contribution in [1.82, 2.24) is 5.32 Å². The van der Waals surface area contributed by atoms with E-state index in [1.807, 2.05) is 18.2 Å². The second kappa shape index (κ2) is 8.01. The van der Waals surface area contributed by atoms with E-state index in [2.05, 4.69) is 43.4 Å². The normalized spacial score (nSPS) is 32.5. The minimum Gasteiger partial charge on any atom is -0.493 e. The highest BCUT2D eigenvalue weighted by Gasteiger charge is 2.57. The maximum atomic E-state index is 12.9. The van der Waals surface area contributed by atoms with E-state index in [-0.39, 0.29) is 35.1 Å². The molecule has 2 aliphatic carbocycles. The van der Waals surface area contributed by atoms with E-state index in [1.54, 1.807) is 0 Å². The van der Waals surface area contributed by atoms with Gasteiger partial charge in [0.25, 0.3) is 0 Å². The van der Waals surface area contributed by atoms with Crippen LogP contribution in [0.2, 0.25) is 10.0 Å². The molecule has 0 bridgehead atoms. The fourth-order valence-corrected chi connectivity index (χ4v) is 6.34. The summed E-state index contributed by atoms with van der Waals surface area (Å²) in [4.78, 5) is 12.9. The molecule has 2 aromatic carbocycles. The Morgan fingerprint density at radius 1 is 1.10 bits per heavy atom. The predicted octanol–water partition coefficient (Wildman–Crippen LogP) is 6.58. The fraction of sp³-hybridized carbons (Fsp3) is 0.500. The van der Waals surface area contributed by atoms with E-state index < -0.39 is 0 Å². The third kappa shape index (κ3) is 3.85. The van der Waals surface area contributed by atoms with Gasteiger partial charge in [-0.15, -0.1) is 0 Å². The lowest BCUT2D eigenvalue weighted by Gasteiger charge is -2.46. The standard InChI is InChI=1S/C26H29Cl2NO2/c1-15-24-23(17-5-7-18(27)8-6-17)21(11-12-26(24,2)25(30)29-15)20-10-9-19(13-22(20)28)31-14-16-3-4-16/h5-10,13,15-16,21,23-24H,3-4,11-12,14H2,1-2H3,(H,29,30). The summed E-state index contributed by atoms with van der Waals surface area (Å²) >= 11 is 13.0. The maximum absolute atomic E-state index is 12.9. The Labute approximate surface area is 194 Å². The van der Waals surface area contributed by atoms with Crippen molar-refractivity contribution in [2.45, 2.75) is 57.4 Å². The van der Waals surface area contributed by atoms with Crippen molar-refractivity contribution in [2.75, 3.05) is 6.61 Å². The van der Waals surface area contributed by atoms with Crippen molar-refractivity contribution in [2.24, 2.45) is 17.3 Å². The monoisotopic (exact) mass is 457 g/mol. The first-order valence-electron chi connectivity index (χ1n) is 11.4. The van der Waals surface area contributed by atoms with Crippen LogP contribution in [0.1, 0.15) is 62.5 Å². The molecule has 5 rings (SSSR count). The first-order valence-corrected chi connectivity index (χ1v) is 12.1. The molecule has 1 aliphatic heterocycles. The molecule has 1 heterocycles. The van der Waals surface area contributed by atoms with Crippen molar-refractivity contribution >= 4 is 29.1 Å². The number of hydrogen-bond donors (Lipinski definition) is 1. The second-order valence-electron chi connectivity index (χ2n) is 9.87. The lowest BCUT2D eigenvalue weighted by Crippen LogP contribution is -2.42. The van der Waals surface area contributed by atoms with Crippen molar-refractivity contribution in [1.29, 1.82) is 0 Å². The minimum atomic E-state index is -0.361. The molecule has 5 atom stereocenters. The van der Waals surface area contributed by atoms with Crippen LogP contribution in [0.15, 0.2) is 42.5 Å². The number of carbonyl (C=O) groups is 1. The van der Waals surface area contributed by atoms with Crippen molar-refractivity contribution < 1.29 is 9.53 Å². The van der Waals surface area contributed by atoms with Crippen LogP contribution in [0.4, 0.5) is 0 Å². The van der Waals surface area contributed by atoms with Crippen LogP contribution in [0.5, 0.6) is 5.75 Å². The maximum Gasteiger partial charge on any atom is 0.226 e. The summed E-state index contributed by atoms with van der Waals surface area (Å²) in [6, 6.07) is 14.4. The van der Waals surface area contributed by atoms with Gasteiger partial charge in [0.2, 0.25) is 5.91 Å². The molecule has 1 N–H and O–H groups in total. The largest absolute Gasteiger partial charge is 0.493 e. The predicted molar refractivity (Wildman–Crippen MR) is 125 cm³/mol. The summed E-state index contributed by atoms with van der Waals surface area (Å²) in [6.45, 7) is 5.04. The van der Waals surface area contributed by atoms with Crippen LogP contribution >= 0.6 is 23.2 Å². The number of halogens is 2. The van der Waals surface area contributed by atoms with Gasteiger partial charge in [-0.05, 0) is 85.8 Å². The van der Waals surface area contributed by atoms with Gasteiger partial charge in [-0.25, -0.2) is 0 Å². The molecule has 0 spiro atoms. The molecule has 3 aliphatic rings. The molecular formula is C26H29Cl2NO2. The van der Waals surface area contributed by atoms with Gasteiger partial charge >= 0.3 is 0 Å². The highest BCUT2D eigenvalue weighted by molar-refractivity contribution is 6.31. The molecule has 1 saturated heterocycles. The summed E-state index contributed by atoms with van der Waals surface area (Å²) in [6.07, 6.45) is 4.31. The summed E-state index contributed by atoms with van der Waals surface area (Å²) in [5.74, 6) is 2.34. The van der Waals surface area contributed by atoms with E-state index in [1.165, 1.54) is 18.4 Å². The molecule has 5 heteroatoms. The average Bonchev–Trinajstić information content (AvgIpc) is 3.54. The van der Waals surface area contributed by atoms with E-state index in [9.17, 15) is 4.79 Å². The lowest BCUT2D eigenvalue weighted by atomic mass is 9.56. The fourth-order valence-electron chi connectivity index (χ4n) is 5.91. The zero-order chi connectivity index (χ0) is 21.8. The lowest BCUT2D eigenvalue weighted by molar-refractivity contribution is -0.129. The number of rotatable bonds is 5. The van der Waals surface area contributed by atoms with E-state index >= 15 is 0 Å². The molecule has 3 fully saturated rings. The Balaban J connectivity index is 1.52. The molecular weight excluding hydrogens is 429 g/mol. The molecule has 2 saturated carbocycles. The number of fused-ring (bicyclic) bond motifs is 1. The molecule has 0 aromatic heterocycles. The average molecular weight is 458 g/mol. The first-order chi connectivity index (χ1) is 14.9. The van der Waals surface area contributed by atoms with Crippen LogP contribution in [-0.4, -0.2) is 18.6 Å². The SMILES string of the molecule is CC1NC(=O)C2(C)CCC(c3ccc(OCC4CC4)cc3Cl)C(c3ccc(Cl)cc3)C12. The van der Waals surface area contributed by atoms with Gasteiger partial charge in [0, 0.05) is 22.0 Å². The first kappa shape index (κ1) is 21.2. The summed E-state index contributed by atoms with van der Waals surface area (Å²) in [5.41, 5.74) is 2.01. The number of hydrogen-bond acceptors (Lipinski definition) is 2. The number of benzene rings is 2. The summed E-state index contributed by atoms with van der Waals surface area (Å²) < 4.78 is 5.94. The summed E-state index contributed by atoms with van der Waals surface area (Å²) in [5, 5.41) is 4.70. The highest BCUT2D eigenvalue weighted by atomic mass is 35.5. The van der Waals surface area contributed by atoms with Crippen LogP contribution < -0.4 is 10.1 Å². The Morgan fingerprint density at radius 2 is 1.84 bits per heavy atom. The zero-order valence-corrected chi connectivity index (χ0v) is 19.5. The highest BCUT2D eigenvalue weighted by Crippen LogP contribution is 2.59. The zero-order valence-electron chi connectivity index (χ0n) is 18.0. The second-order valence-corrected chi connectivity index (χ2v) is 10.7. The number of ether oxygens (including phenoxy) is 1. The molecule has 3 nitrogen and oxygen atoms in total. The summed E-state index contributed by atoms with van der Waals surface area (Å²) in [7, 11) is 0. The molecule has 164 valence electrons. The van der Waals surface area contributed by atoms with Crippen molar-refractivity contribution in [3.05, 3.63) is 63.6 Å². The molecule has 31 heavy (non-hydrogen) atoms. The van der Waals surface area contributed by atoms with Crippen LogP contribution in [0.25, 0.3) is 0 Å². The van der Waals surface area contributed by atoms with Gasteiger partial charge < -0.3 is 10.1 Å². The van der Waals surface area contributed by atoms with E-state index in [0.717, 1.165) is 40.8 Å². The van der Waals surface area contributed by atoms with Gasteiger partial charge in [-0.2, -0.15) is 0 Å². The van der Waals surface area contributed by atoms with E-state index in [0.29, 0.717) is 5.92 Å². The van der Waals surface area contributed by atoms with Crippen LogP contribution in [0, 0.1) is 17.3 Å². The van der Waals surface area contributed by atoms with Gasteiger partial charge in [0.05, 0.1) is 12.0 Å². The van der Waals surface area contributed by atoms with Gasteiger partial charge in [-0.3, -0.25) is 4.79 Å². The van der Waals surface area contributed by atoms with Gasteiger partial charge in [-0.1, -0.05) is 48.3 Å². The van der Waals surface area contributed by atoms with Crippen molar-refractivity contribution in [3.63, 3.8) is 0 Å². The Morgan fingerprint density at radius 3 is 2.52 bits per heavy atom. The Kier molecular flexibility index (Phi) is 5.46. The van der Waals surface area contributed by atoms with Crippen molar-refractivity contribution in [3.8, 4) is 5.75 Å². The minimum absolute atomic E-state index is 0.112. The van der Waals surface area contributed by atoms with Crippen LogP contribution in [0.3, 0.4) is 0 Å². The van der Waals surface area contributed by atoms with Gasteiger partial charge in [0.1, 0.15) is 5.75 Å². The molecule has 5 unspecified atom stereocenters. The Hall–Kier alpha value is -1.71. The van der Waals surface area contributed by atoms with E-state index in [4.69, 9.17) is 27.9 Å². The molecule has 1 amide bonds. The third-order valence-corrected chi connectivity index (χ3v) is 8.34. The third-order valence-electron chi connectivity index (χ3n) is 7.76. The number of carbonyl (C=O) groups excluding carboxylic acids is 1. The quantitative estimate of drug-likeness (QED) is 0.549. The van der Waals surface area contributed by atoms with Gasteiger partial charge in [0.15, 0.2) is 0 Å². The number of nitrogens with one attached hydrogen (secondary N) is 1. The topological polar surface area (TPSA) is 38.3 Å². The molecule has 2 aromatic rings. The smallest absolute Gasteiger partial charge is 0.226 e. The Bertz CT molecular complexity index is 987. The number of amides is 1.